The fourth-order valence-corrected chi connectivity index (χ4v) is 14.1. The van der Waals surface area contributed by atoms with E-state index in [2.05, 4.69) is 268 Å². The summed E-state index contributed by atoms with van der Waals surface area (Å²) in [4.78, 5) is 0. The van der Waals surface area contributed by atoms with Crippen molar-refractivity contribution in [2.45, 2.75) is 150 Å². The van der Waals surface area contributed by atoms with Crippen molar-refractivity contribution >= 4 is 43.6 Å². The quantitative estimate of drug-likeness (QED) is 0.0856. The lowest BCUT2D eigenvalue weighted by atomic mass is 9.95. The topological polar surface area (TPSA) is 15.5 Å². The van der Waals surface area contributed by atoms with Gasteiger partial charge in [0.25, 0.3) is 0 Å². The van der Waals surface area contributed by atoms with Gasteiger partial charge in [-0.15, -0.1) is 0 Å². The third-order valence-corrected chi connectivity index (χ3v) is 19.5. The predicted octanol–water partition coefficient (Wildman–Crippen LogP) is 21.8. The molecule has 4 nitrogen and oxygen atoms in total. The second-order valence-corrected chi connectivity index (χ2v) is 29.6. The van der Waals surface area contributed by atoms with Gasteiger partial charge in [0.1, 0.15) is 51.5 Å². The number of aromatic nitrogens is 4. The van der Waals surface area contributed by atoms with E-state index in [1.54, 1.807) is 24.3 Å². The summed E-state index contributed by atoms with van der Waals surface area (Å²) < 4.78 is 66.2. The predicted molar refractivity (Wildman–Crippen MR) is 404 cm³/mol. The van der Waals surface area contributed by atoms with E-state index in [0.29, 0.717) is 23.7 Å². The first-order valence-electron chi connectivity index (χ1n) is 35.1. The van der Waals surface area contributed by atoms with Gasteiger partial charge in [-0.25, -0.2) is 17.6 Å². The molecule has 0 unspecified atom stereocenters. The molecule has 12 rings (SSSR count). The Morgan fingerprint density at radius 2 is 0.592 bits per heavy atom. The number of hydrogen-bond donors (Lipinski definition) is 0. The zero-order chi connectivity index (χ0) is 71.5. The van der Waals surface area contributed by atoms with E-state index in [1.807, 2.05) is 36.4 Å². The summed E-state index contributed by atoms with van der Waals surface area (Å²) in [7, 11) is 8.28. The van der Waals surface area contributed by atoms with Crippen molar-refractivity contribution in [3.8, 4) is 45.0 Å². The van der Waals surface area contributed by atoms with Crippen LogP contribution in [0.3, 0.4) is 0 Å². The first kappa shape index (κ1) is 73.4. The molecule has 0 amide bonds. The smallest absolute Gasteiger partial charge is 0.207 e. The maximum atomic E-state index is 14.4. The van der Waals surface area contributed by atoms with Crippen LogP contribution in [0.1, 0.15) is 133 Å². The van der Waals surface area contributed by atoms with Gasteiger partial charge in [0.2, 0.25) is 44.8 Å². The summed E-state index contributed by atoms with van der Waals surface area (Å²) in [6.07, 6.45) is 3.03. The fraction of sp³-hybridized carbons (Fsp3) is 0.333. The molecule has 12 aromatic rings. The van der Waals surface area contributed by atoms with Crippen LogP contribution in [0.5, 0.6) is 0 Å². The van der Waals surface area contributed by atoms with E-state index in [1.165, 1.54) is 89.3 Å². The lowest BCUT2D eigenvalue weighted by molar-refractivity contribution is -0.633. The largest absolute Gasteiger partial charge is 0.213 e. The van der Waals surface area contributed by atoms with Gasteiger partial charge in [-0.1, -0.05) is 114 Å². The highest BCUT2D eigenvalue weighted by Gasteiger charge is 2.25. The van der Waals surface area contributed by atoms with Crippen LogP contribution in [0.15, 0.2) is 158 Å². The number of pyridine rings is 4. The average molecular weight is 1320 g/mol. The van der Waals surface area contributed by atoms with Gasteiger partial charge < -0.3 is 0 Å². The van der Waals surface area contributed by atoms with Crippen molar-refractivity contribution in [2.24, 2.45) is 51.9 Å². The van der Waals surface area contributed by atoms with Gasteiger partial charge in [-0.05, 0) is 236 Å². The molecule has 98 heavy (non-hydrogen) atoms. The Balaban J connectivity index is 0.000000153. The number of hydrogen-bond acceptors (Lipinski definition) is 0. The SMILES string of the molecule is Cc1cc(C)c(C)c(-c2ccc3c(CC(C)C)c(F)ccc3[n+]2C)c1.Cc1cc(C)c(C)c(-c2ccc3cc(F)c(CC(C)C)cc3[n+]2C)c1.Cc1ccc(C)c(-c2ccc3c(CC(C)C)c(F)ccc3[n+]2C)c1.Cc1ccc(C)c(-c2ccc3cc(F)c(CC(C)C)cc3[n+]2C)c1. The van der Waals surface area contributed by atoms with E-state index >= 15 is 0 Å². The van der Waals surface area contributed by atoms with Gasteiger partial charge in [0.15, 0.2) is 0 Å². The minimum absolute atomic E-state index is 0.100. The van der Waals surface area contributed by atoms with E-state index in [4.69, 9.17) is 0 Å². The molecule has 0 saturated carbocycles. The standard InChI is InChI=1S/2C23H27FN.2C22H25FN/c1-14(2)11-20-18-7-9-23(25(6)22(18)10-8-21(20)24)19-13-15(3)12-16(4)17(19)5;1-14(2)9-19-13-23-18(12-21(19)24)7-8-22(25(23)6)20-11-15(3)10-16(4)17(20)5;1-14(2)12-19-17-8-10-22(18-13-15(3)6-7-16(18)4)24(5)21(17)11-9-20(19)23;1-14(2)10-18-13-22-17(12-20(18)23)8-9-21(24(22)5)19-11-15(3)6-7-16(19)4/h7-10,12-14H,11H2,1-6H3;7-8,10-14H,9H2,1-6H3;6-11,13-14H,12H2,1-5H3;6-9,11-14H,10H2,1-5H3/q4*+1. The van der Waals surface area contributed by atoms with Crippen LogP contribution in [0, 0.1) is 116 Å². The normalized spacial score (nSPS) is 11.5. The summed E-state index contributed by atoms with van der Waals surface area (Å²) in [5, 5.41) is 3.91. The van der Waals surface area contributed by atoms with Gasteiger partial charge in [0, 0.05) is 92.7 Å². The Morgan fingerprint density at radius 3 is 0.939 bits per heavy atom. The third kappa shape index (κ3) is 16.3. The molecule has 0 aliphatic carbocycles. The highest BCUT2D eigenvalue weighted by atomic mass is 19.1. The van der Waals surface area contributed by atoms with E-state index in [-0.39, 0.29) is 23.3 Å². The minimum atomic E-state index is -0.101. The zero-order valence-electron chi connectivity index (χ0n) is 62.4. The number of aryl methyl sites for hydroxylation is 12. The molecule has 0 saturated heterocycles. The van der Waals surface area contributed by atoms with Crippen molar-refractivity contribution in [2.75, 3.05) is 0 Å². The molecule has 8 aromatic carbocycles. The van der Waals surface area contributed by atoms with Gasteiger partial charge in [-0.2, -0.15) is 18.3 Å². The maximum absolute atomic E-state index is 14.4. The monoisotopic (exact) mass is 1320 g/mol. The second kappa shape index (κ2) is 30.9. The Bertz CT molecular complexity index is 4840. The van der Waals surface area contributed by atoms with Crippen molar-refractivity contribution in [1.82, 2.24) is 0 Å². The average Bonchev–Trinajstić information content (AvgIpc) is 0.790. The molecule has 508 valence electrons. The van der Waals surface area contributed by atoms with Gasteiger partial charge in [0.05, 0.1) is 10.8 Å². The Labute approximate surface area is 582 Å². The molecule has 0 spiro atoms. The van der Waals surface area contributed by atoms with E-state index in [0.717, 1.165) is 103 Å². The lowest BCUT2D eigenvalue weighted by Crippen LogP contribution is -2.32. The summed E-state index contributed by atoms with van der Waals surface area (Å²) in [5.74, 6) is 1.31. The number of fused-ring (bicyclic) bond motifs is 4. The van der Waals surface area contributed by atoms with Crippen LogP contribution in [0.25, 0.3) is 88.6 Å². The van der Waals surface area contributed by atoms with Crippen LogP contribution >= 0.6 is 0 Å². The van der Waals surface area contributed by atoms with Crippen molar-refractivity contribution < 1.29 is 35.8 Å². The van der Waals surface area contributed by atoms with Crippen LogP contribution in [-0.2, 0) is 53.9 Å². The molecule has 0 N–H and O–H groups in total. The van der Waals surface area contributed by atoms with Crippen LogP contribution < -0.4 is 18.3 Å². The molecule has 0 aliphatic heterocycles. The fourth-order valence-electron chi connectivity index (χ4n) is 14.1. The molecule has 0 fully saturated rings. The molecule has 4 aromatic heterocycles. The number of halogens is 4. The van der Waals surface area contributed by atoms with Crippen molar-refractivity contribution in [3.05, 3.63) is 259 Å². The van der Waals surface area contributed by atoms with Crippen LogP contribution in [0.4, 0.5) is 17.6 Å². The lowest BCUT2D eigenvalue weighted by Gasteiger charge is -2.13. The molecule has 0 radical (unpaired) electrons. The van der Waals surface area contributed by atoms with Crippen LogP contribution in [0.2, 0.25) is 0 Å². The first-order chi connectivity index (χ1) is 46.3. The second-order valence-electron chi connectivity index (χ2n) is 29.6. The minimum Gasteiger partial charge on any atom is -0.207 e. The summed E-state index contributed by atoms with van der Waals surface area (Å²) in [6.45, 7) is 38.4. The Kier molecular flexibility index (Phi) is 23.1. The highest BCUT2D eigenvalue weighted by Crippen LogP contribution is 2.33. The number of benzene rings is 8. The maximum Gasteiger partial charge on any atom is 0.213 e. The van der Waals surface area contributed by atoms with Crippen molar-refractivity contribution in [1.29, 1.82) is 0 Å². The summed E-state index contributed by atoms with van der Waals surface area (Å²) >= 11 is 0. The number of rotatable bonds is 12. The molecule has 4 heterocycles. The number of nitrogens with zero attached hydrogens (tertiary/aromatic N) is 4. The van der Waals surface area contributed by atoms with Crippen molar-refractivity contribution in [3.63, 3.8) is 0 Å². The zero-order valence-corrected chi connectivity index (χ0v) is 62.4. The Hall–Kier alpha value is -8.88. The molecular weight excluding hydrogens is 1210 g/mol. The molecule has 0 atom stereocenters. The van der Waals surface area contributed by atoms with Gasteiger partial charge >= 0.3 is 0 Å². The van der Waals surface area contributed by atoms with Gasteiger partial charge in [-0.3, -0.25) is 0 Å². The highest BCUT2D eigenvalue weighted by molar-refractivity contribution is 5.84. The summed E-state index contributed by atoms with van der Waals surface area (Å²) in [5.41, 5.74) is 29.9. The van der Waals surface area contributed by atoms with Crippen LogP contribution in [-0.4, -0.2) is 0 Å². The third-order valence-electron chi connectivity index (χ3n) is 19.5. The molecule has 0 aliphatic rings. The summed E-state index contributed by atoms with van der Waals surface area (Å²) in [6, 6.07) is 53.0. The molecule has 8 heteroatoms. The molecular formula is C90H104F4N4+4. The van der Waals surface area contributed by atoms with E-state index in [9.17, 15) is 17.6 Å². The first-order valence-corrected chi connectivity index (χ1v) is 35.1. The molecule has 0 bridgehead atoms. The van der Waals surface area contributed by atoms with E-state index < -0.39 is 0 Å². The Morgan fingerprint density at radius 1 is 0.276 bits per heavy atom.